The molecule has 5 nitrogen and oxygen atoms in total. The minimum Gasteiger partial charge on any atom is -0.434 e. The Labute approximate surface area is 75.5 Å². The van der Waals surface area contributed by atoms with Crippen molar-refractivity contribution in [3.05, 3.63) is 18.4 Å². The Morgan fingerprint density at radius 1 is 1.69 bits per heavy atom. The number of hydroxylamine groups is 2. The highest BCUT2D eigenvalue weighted by atomic mass is 16.7. The van der Waals surface area contributed by atoms with E-state index in [1.54, 1.807) is 19.9 Å². The maximum absolute atomic E-state index is 11.0. The van der Waals surface area contributed by atoms with Crippen molar-refractivity contribution in [3.63, 3.8) is 0 Å². The summed E-state index contributed by atoms with van der Waals surface area (Å²) in [5.41, 5.74) is 0. The lowest BCUT2D eigenvalue weighted by atomic mass is 10.4. The number of furan rings is 1. The molecular formula is C8H11NO4. The quantitative estimate of drug-likeness (QED) is 0.564. The topological polar surface area (TPSA) is 62.9 Å². The van der Waals surface area contributed by atoms with Crippen LogP contribution in [0, 0.1) is 0 Å². The van der Waals surface area contributed by atoms with Gasteiger partial charge in [-0.3, -0.25) is 5.21 Å². The summed E-state index contributed by atoms with van der Waals surface area (Å²) in [6.45, 7) is 3.31. The SMILES string of the molecule is CC(C)N(O)C(=O)Oc1ccco1. The monoisotopic (exact) mass is 185 g/mol. The first-order valence-corrected chi connectivity index (χ1v) is 3.84. The van der Waals surface area contributed by atoms with Crippen LogP contribution in [0.2, 0.25) is 0 Å². The van der Waals surface area contributed by atoms with E-state index < -0.39 is 6.09 Å². The zero-order valence-corrected chi connectivity index (χ0v) is 7.43. The third-order valence-corrected chi connectivity index (χ3v) is 1.36. The van der Waals surface area contributed by atoms with Crippen LogP contribution in [0.3, 0.4) is 0 Å². The first-order valence-electron chi connectivity index (χ1n) is 3.84. The molecule has 0 aromatic carbocycles. The third kappa shape index (κ3) is 2.48. The van der Waals surface area contributed by atoms with Gasteiger partial charge in [-0.1, -0.05) is 0 Å². The second-order valence-electron chi connectivity index (χ2n) is 2.74. The van der Waals surface area contributed by atoms with Crippen molar-refractivity contribution in [2.24, 2.45) is 0 Å². The van der Waals surface area contributed by atoms with Gasteiger partial charge in [-0.25, -0.2) is 4.79 Å². The number of nitrogens with zero attached hydrogens (tertiary/aromatic N) is 1. The summed E-state index contributed by atoms with van der Waals surface area (Å²) < 4.78 is 9.40. The zero-order chi connectivity index (χ0) is 9.84. The molecule has 0 saturated heterocycles. The van der Waals surface area contributed by atoms with Gasteiger partial charge in [0.15, 0.2) is 0 Å². The number of ether oxygens (including phenoxy) is 1. The van der Waals surface area contributed by atoms with Gasteiger partial charge >= 0.3 is 6.09 Å². The molecule has 1 N–H and O–H groups in total. The summed E-state index contributed by atoms with van der Waals surface area (Å²) >= 11 is 0. The van der Waals surface area contributed by atoms with Crippen LogP contribution in [0.5, 0.6) is 5.95 Å². The number of carbonyl (C=O) groups excluding carboxylic acids is 1. The van der Waals surface area contributed by atoms with Crippen molar-refractivity contribution in [1.29, 1.82) is 0 Å². The number of rotatable bonds is 2. The Bertz CT molecular complexity index is 268. The minimum absolute atomic E-state index is 0.0599. The molecule has 1 amide bonds. The van der Waals surface area contributed by atoms with Gasteiger partial charge in [-0.15, -0.1) is 0 Å². The van der Waals surface area contributed by atoms with Gasteiger partial charge in [0.05, 0.1) is 12.3 Å². The second kappa shape index (κ2) is 3.95. The summed E-state index contributed by atoms with van der Waals surface area (Å²) in [4.78, 5) is 11.0. The Kier molecular flexibility index (Phi) is 2.92. The molecule has 0 atom stereocenters. The first-order chi connectivity index (χ1) is 6.11. The number of carbonyl (C=O) groups is 1. The molecule has 72 valence electrons. The molecule has 1 aromatic heterocycles. The Morgan fingerprint density at radius 3 is 2.85 bits per heavy atom. The first kappa shape index (κ1) is 9.60. The van der Waals surface area contributed by atoms with Crippen molar-refractivity contribution in [2.45, 2.75) is 19.9 Å². The molecule has 0 fully saturated rings. The maximum Gasteiger partial charge on any atom is 0.441 e. The lowest BCUT2D eigenvalue weighted by Crippen LogP contribution is -2.35. The molecule has 1 aromatic rings. The van der Waals surface area contributed by atoms with Crippen LogP contribution in [0.15, 0.2) is 22.8 Å². The highest BCUT2D eigenvalue weighted by Crippen LogP contribution is 2.11. The molecule has 0 saturated carbocycles. The lowest BCUT2D eigenvalue weighted by molar-refractivity contribution is -0.0851. The van der Waals surface area contributed by atoms with Gasteiger partial charge in [-0.05, 0) is 19.9 Å². The normalized spacial score (nSPS) is 10.2. The van der Waals surface area contributed by atoms with E-state index in [9.17, 15) is 4.79 Å². The molecule has 0 spiro atoms. The van der Waals surface area contributed by atoms with Crippen LogP contribution in [-0.4, -0.2) is 22.4 Å². The lowest BCUT2D eigenvalue weighted by Gasteiger charge is -2.16. The van der Waals surface area contributed by atoms with Gasteiger partial charge < -0.3 is 9.15 Å². The number of hydrogen-bond acceptors (Lipinski definition) is 4. The maximum atomic E-state index is 11.0. The standard InChI is InChI=1S/C8H11NO4/c1-6(2)9(11)8(10)13-7-4-3-5-12-7/h3-6,11H,1-2H3. The second-order valence-corrected chi connectivity index (χ2v) is 2.74. The van der Waals surface area contributed by atoms with E-state index in [4.69, 9.17) is 9.62 Å². The number of amides is 1. The van der Waals surface area contributed by atoms with Gasteiger partial charge in [-0.2, -0.15) is 5.06 Å². The molecule has 5 heteroatoms. The van der Waals surface area contributed by atoms with E-state index in [2.05, 4.69) is 4.74 Å². The summed E-state index contributed by atoms with van der Waals surface area (Å²) in [5.74, 6) is 0.0599. The molecule has 0 unspecified atom stereocenters. The van der Waals surface area contributed by atoms with E-state index in [0.29, 0.717) is 5.06 Å². The predicted octanol–water partition coefficient (Wildman–Crippen LogP) is 1.88. The molecule has 0 aliphatic rings. The highest BCUT2D eigenvalue weighted by molar-refractivity contribution is 5.68. The van der Waals surface area contributed by atoms with Crippen LogP contribution in [0.25, 0.3) is 0 Å². The van der Waals surface area contributed by atoms with Gasteiger partial charge in [0, 0.05) is 6.07 Å². The van der Waals surface area contributed by atoms with Crippen molar-refractivity contribution in [2.75, 3.05) is 0 Å². The van der Waals surface area contributed by atoms with Gasteiger partial charge in [0.2, 0.25) is 0 Å². The van der Waals surface area contributed by atoms with E-state index in [-0.39, 0.29) is 12.0 Å². The fourth-order valence-corrected chi connectivity index (χ4v) is 0.665. The van der Waals surface area contributed by atoms with Crippen molar-refractivity contribution in [3.8, 4) is 5.95 Å². The zero-order valence-electron chi connectivity index (χ0n) is 7.43. The van der Waals surface area contributed by atoms with Gasteiger partial charge in [0.1, 0.15) is 0 Å². The molecule has 0 aliphatic carbocycles. The Morgan fingerprint density at radius 2 is 2.38 bits per heavy atom. The summed E-state index contributed by atoms with van der Waals surface area (Å²) in [6.07, 6.45) is 0.518. The van der Waals surface area contributed by atoms with Crippen molar-refractivity contribution < 1.29 is 19.2 Å². The van der Waals surface area contributed by atoms with E-state index >= 15 is 0 Å². The van der Waals surface area contributed by atoms with E-state index in [0.717, 1.165) is 0 Å². The average Bonchev–Trinajstić information content (AvgIpc) is 2.55. The number of hydrogen-bond donors (Lipinski definition) is 1. The van der Waals surface area contributed by atoms with Crippen molar-refractivity contribution in [1.82, 2.24) is 5.06 Å². The van der Waals surface area contributed by atoms with E-state index in [1.807, 2.05) is 0 Å². The Hall–Kier alpha value is -1.49. The molecule has 0 aliphatic heterocycles. The molecular weight excluding hydrogens is 174 g/mol. The highest BCUT2D eigenvalue weighted by Gasteiger charge is 2.17. The molecule has 13 heavy (non-hydrogen) atoms. The fraction of sp³-hybridized carbons (Fsp3) is 0.375. The van der Waals surface area contributed by atoms with Crippen LogP contribution >= 0.6 is 0 Å². The summed E-state index contributed by atoms with van der Waals surface area (Å²) in [5, 5.41) is 9.60. The fourth-order valence-electron chi connectivity index (χ4n) is 0.665. The van der Waals surface area contributed by atoms with E-state index in [1.165, 1.54) is 12.3 Å². The van der Waals surface area contributed by atoms with Crippen LogP contribution in [0.4, 0.5) is 4.79 Å². The third-order valence-electron chi connectivity index (χ3n) is 1.36. The van der Waals surface area contributed by atoms with Crippen LogP contribution in [-0.2, 0) is 0 Å². The van der Waals surface area contributed by atoms with Crippen molar-refractivity contribution >= 4 is 6.09 Å². The molecule has 0 bridgehead atoms. The van der Waals surface area contributed by atoms with Crippen LogP contribution in [0.1, 0.15) is 13.8 Å². The molecule has 1 heterocycles. The molecule has 1 rings (SSSR count). The smallest absolute Gasteiger partial charge is 0.434 e. The minimum atomic E-state index is -0.857. The summed E-state index contributed by atoms with van der Waals surface area (Å²) in [7, 11) is 0. The molecule has 0 radical (unpaired) electrons. The average molecular weight is 185 g/mol. The summed E-state index contributed by atoms with van der Waals surface area (Å²) in [6, 6.07) is 2.73. The predicted molar refractivity (Wildman–Crippen MR) is 43.5 cm³/mol. The largest absolute Gasteiger partial charge is 0.441 e. The Balaban J connectivity index is 2.51. The van der Waals surface area contributed by atoms with Gasteiger partial charge in [0.25, 0.3) is 5.95 Å². The van der Waals surface area contributed by atoms with Crippen LogP contribution < -0.4 is 4.74 Å².